The van der Waals surface area contributed by atoms with E-state index in [1.54, 1.807) is 13.0 Å². The van der Waals surface area contributed by atoms with Gasteiger partial charge in [0.05, 0.1) is 0 Å². The van der Waals surface area contributed by atoms with Crippen LogP contribution in [0.2, 0.25) is 5.02 Å². The molecule has 3 nitrogen and oxygen atoms in total. The third kappa shape index (κ3) is 3.22. The molecule has 0 aliphatic rings. The van der Waals surface area contributed by atoms with Crippen molar-refractivity contribution < 1.29 is 4.79 Å². The maximum absolute atomic E-state index is 11.5. The van der Waals surface area contributed by atoms with Crippen LogP contribution in [0.25, 0.3) is 0 Å². The van der Waals surface area contributed by atoms with E-state index in [-0.39, 0.29) is 11.8 Å². The molecule has 0 saturated heterocycles. The van der Waals surface area contributed by atoms with Gasteiger partial charge in [-0.2, -0.15) is 0 Å². The smallest absolute Gasteiger partial charge is 0.228 e. The zero-order valence-corrected chi connectivity index (χ0v) is 9.64. The summed E-state index contributed by atoms with van der Waals surface area (Å²) in [5.74, 6) is -0.275. The molecule has 0 spiro atoms. The molecule has 0 bridgehead atoms. The van der Waals surface area contributed by atoms with Crippen molar-refractivity contribution in [1.82, 2.24) is 0 Å². The zero-order chi connectivity index (χ0) is 11.4. The number of benzene rings is 1. The van der Waals surface area contributed by atoms with E-state index in [4.69, 9.17) is 17.3 Å². The number of nitrogens with one attached hydrogen (secondary N) is 1. The van der Waals surface area contributed by atoms with E-state index >= 15 is 0 Å². The highest BCUT2D eigenvalue weighted by Crippen LogP contribution is 2.20. The lowest BCUT2D eigenvalue weighted by atomic mass is 10.1. The van der Waals surface area contributed by atoms with Gasteiger partial charge in [0.15, 0.2) is 0 Å². The van der Waals surface area contributed by atoms with Crippen molar-refractivity contribution in [3.05, 3.63) is 28.8 Å². The predicted molar refractivity (Wildman–Crippen MR) is 63.0 cm³/mol. The summed E-state index contributed by atoms with van der Waals surface area (Å²) in [7, 11) is 0. The molecule has 1 unspecified atom stereocenters. The van der Waals surface area contributed by atoms with Crippen molar-refractivity contribution in [2.24, 2.45) is 11.7 Å². The number of nitrogens with two attached hydrogens (primary N) is 1. The fourth-order valence-electron chi connectivity index (χ4n) is 1.04. The van der Waals surface area contributed by atoms with E-state index in [1.807, 2.05) is 19.1 Å². The van der Waals surface area contributed by atoms with Crippen LogP contribution in [-0.2, 0) is 4.79 Å². The standard InChI is InChI=1S/C11H15ClN2O/c1-7-3-4-9(5-10(7)12)14-11(15)8(2)6-13/h3-5,8H,6,13H2,1-2H3,(H,14,15). The second kappa shape index (κ2) is 5.14. The maximum Gasteiger partial charge on any atom is 0.228 e. The number of hydrogen-bond acceptors (Lipinski definition) is 2. The molecule has 0 fully saturated rings. The highest BCUT2D eigenvalue weighted by molar-refractivity contribution is 6.31. The molecule has 0 saturated carbocycles. The minimum atomic E-state index is -0.190. The van der Waals surface area contributed by atoms with E-state index in [0.29, 0.717) is 17.3 Å². The topological polar surface area (TPSA) is 55.1 Å². The van der Waals surface area contributed by atoms with Gasteiger partial charge in [0.2, 0.25) is 5.91 Å². The van der Waals surface area contributed by atoms with E-state index in [0.717, 1.165) is 5.56 Å². The molecule has 1 amide bonds. The molecular formula is C11H15ClN2O. The number of hydrogen-bond donors (Lipinski definition) is 2. The third-order valence-electron chi connectivity index (χ3n) is 2.24. The number of halogens is 1. The SMILES string of the molecule is Cc1ccc(NC(=O)C(C)CN)cc1Cl. The van der Waals surface area contributed by atoms with Crippen LogP contribution in [0.5, 0.6) is 0 Å². The Morgan fingerprint density at radius 3 is 2.80 bits per heavy atom. The molecule has 0 aliphatic carbocycles. The second-order valence-corrected chi connectivity index (χ2v) is 4.00. The summed E-state index contributed by atoms with van der Waals surface area (Å²) in [5.41, 5.74) is 7.09. The Kier molecular flexibility index (Phi) is 4.12. The first-order valence-electron chi connectivity index (χ1n) is 4.81. The van der Waals surface area contributed by atoms with Gasteiger partial charge in [-0.15, -0.1) is 0 Å². The van der Waals surface area contributed by atoms with Crippen molar-refractivity contribution in [2.75, 3.05) is 11.9 Å². The van der Waals surface area contributed by atoms with E-state index in [9.17, 15) is 4.79 Å². The molecule has 0 heterocycles. The summed E-state index contributed by atoms with van der Waals surface area (Å²) in [6, 6.07) is 5.42. The van der Waals surface area contributed by atoms with Crippen molar-refractivity contribution in [3.8, 4) is 0 Å². The molecule has 1 atom stereocenters. The lowest BCUT2D eigenvalue weighted by Crippen LogP contribution is -2.26. The van der Waals surface area contributed by atoms with E-state index < -0.39 is 0 Å². The molecular weight excluding hydrogens is 212 g/mol. The Morgan fingerprint density at radius 1 is 1.60 bits per heavy atom. The lowest BCUT2D eigenvalue weighted by molar-refractivity contribution is -0.119. The lowest BCUT2D eigenvalue weighted by Gasteiger charge is -2.10. The monoisotopic (exact) mass is 226 g/mol. The molecule has 0 aromatic heterocycles. The van der Waals surface area contributed by atoms with Gasteiger partial charge in [-0.1, -0.05) is 24.6 Å². The fourth-order valence-corrected chi connectivity index (χ4v) is 1.22. The van der Waals surface area contributed by atoms with Crippen molar-refractivity contribution in [1.29, 1.82) is 0 Å². The summed E-state index contributed by atoms with van der Waals surface area (Å²) in [6.45, 7) is 4.03. The highest BCUT2D eigenvalue weighted by atomic mass is 35.5. The quantitative estimate of drug-likeness (QED) is 0.830. The highest BCUT2D eigenvalue weighted by Gasteiger charge is 2.10. The van der Waals surface area contributed by atoms with Gasteiger partial charge in [0.1, 0.15) is 0 Å². The van der Waals surface area contributed by atoms with Crippen LogP contribution in [0, 0.1) is 12.8 Å². The summed E-state index contributed by atoms with van der Waals surface area (Å²) >= 11 is 5.93. The van der Waals surface area contributed by atoms with Gasteiger partial charge >= 0.3 is 0 Å². The Morgan fingerprint density at radius 2 is 2.27 bits per heavy atom. The van der Waals surface area contributed by atoms with Crippen LogP contribution in [0.1, 0.15) is 12.5 Å². The minimum Gasteiger partial charge on any atom is -0.330 e. The average molecular weight is 227 g/mol. The first kappa shape index (κ1) is 12.0. The Balaban J connectivity index is 2.73. The second-order valence-electron chi connectivity index (χ2n) is 3.59. The van der Waals surface area contributed by atoms with E-state index in [1.165, 1.54) is 0 Å². The van der Waals surface area contributed by atoms with Crippen LogP contribution >= 0.6 is 11.6 Å². The number of amides is 1. The molecule has 0 aliphatic heterocycles. The van der Waals surface area contributed by atoms with Crippen LogP contribution < -0.4 is 11.1 Å². The number of carbonyl (C=O) groups excluding carboxylic acids is 1. The molecule has 4 heteroatoms. The Bertz CT molecular complexity index is 366. The van der Waals surface area contributed by atoms with Crippen LogP contribution in [0.4, 0.5) is 5.69 Å². The number of anilines is 1. The van der Waals surface area contributed by atoms with Gasteiger partial charge < -0.3 is 11.1 Å². The summed E-state index contributed by atoms with van der Waals surface area (Å²) < 4.78 is 0. The third-order valence-corrected chi connectivity index (χ3v) is 2.65. The van der Waals surface area contributed by atoms with Gasteiger partial charge in [0, 0.05) is 23.2 Å². The fraction of sp³-hybridized carbons (Fsp3) is 0.364. The van der Waals surface area contributed by atoms with Crippen molar-refractivity contribution >= 4 is 23.2 Å². The normalized spacial score (nSPS) is 12.3. The largest absolute Gasteiger partial charge is 0.330 e. The molecule has 1 aromatic carbocycles. The molecule has 82 valence electrons. The molecule has 1 aromatic rings. The molecule has 0 radical (unpaired) electrons. The average Bonchev–Trinajstić information content (AvgIpc) is 2.22. The van der Waals surface area contributed by atoms with Crippen LogP contribution in [-0.4, -0.2) is 12.5 Å². The first-order valence-corrected chi connectivity index (χ1v) is 5.19. The Labute approximate surface area is 94.6 Å². The van der Waals surface area contributed by atoms with Crippen LogP contribution in [0.15, 0.2) is 18.2 Å². The summed E-state index contributed by atoms with van der Waals surface area (Å²) in [6.07, 6.45) is 0. The van der Waals surface area contributed by atoms with Crippen molar-refractivity contribution in [3.63, 3.8) is 0 Å². The van der Waals surface area contributed by atoms with Gasteiger partial charge in [-0.25, -0.2) is 0 Å². The number of aryl methyl sites for hydroxylation is 1. The molecule has 15 heavy (non-hydrogen) atoms. The van der Waals surface area contributed by atoms with Gasteiger partial charge in [-0.05, 0) is 24.6 Å². The van der Waals surface area contributed by atoms with Gasteiger partial charge in [0.25, 0.3) is 0 Å². The van der Waals surface area contributed by atoms with Gasteiger partial charge in [-0.3, -0.25) is 4.79 Å². The molecule has 1 rings (SSSR count). The summed E-state index contributed by atoms with van der Waals surface area (Å²) in [4.78, 5) is 11.5. The minimum absolute atomic E-state index is 0.0857. The molecule has 3 N–H and O–H groups in total. The maximum atomic E-state index is 11.5. The number of rotatable bonds is 3. The first-order chi connectivity index (χ1) is 7.04. The summed E-state index contributed by atoms with van der Waals surface area (Å²) in [5, 5.41) is 3.40. The zero-order valence-electron chi connectivity index (χ0n) is 8.88. The Hall–Kier alpha value is -1.06. The van der Waals surface area contributed by atoms with Crippen LogP contribution in [0.3, 0.4) is 0 Å². The predicted octanol–water partition coefficient (Wildman–Crippen LogP) is 2.18. The van der Waals surface area contributed by atoms with E-state index in [2.05, 4.69) is 5.32 Å². The number of carbonyl (C=O) groups is 1. The van der Waals surface area contributed by atoms with Crippen molar-refractivity contribution in [2.45, 2.75) is 13.8 Å².